The zero-order valence-corrected chi connectivity index (χ0v) is 9.85. The van der Waals surface area contributed by atoms with Crippen LogP contribution in [-0.4, -0.2) is 4.98 Å². The molecule has 1 nitrogen and oxygen atoms in total. The van der Waals surface area contributed by atoms with E-state index in [2.05, 4.69) is 43.1 Å². The van der Waals surface area contributed by atoms with Crippen molar-refractivity contribution in [1.29, 1.82) is 0 Å². The molecular weight excluding hydrogens is 194 g/mol. The van der Waals surface area contributed by atoms with E-state index in [1.54, 1.807) is 0 Å². The zero-order valence-electron chi connectivity index (χ0n) is 9.85. The monoisotopic (exact) mass is 211 g/mol. The van der Waals surface area contributed by atoms with Crippen molar-refractivity contribution < 1.29 is 0 Å². The van der Waals surface area contributed by atoms with Crippen LogP contribution < -0.4 is 0 Å². The van der Waals surface area contributed by atoms with Gasteiger partial charge >= 0.3 is 0 Å². The lowest BCUT2D eigenvalue weighted by Gasteiger charge is -2.05. The average molecular weight is 211 g/mol. The molecule has 0 amide bonds. The number of hydrogen-bond acceptors (Lipinski definition) is 1. The summed E-state index contributed by atoms with van der Waals surface area (Å²) in [5.41, 5.74) is 1.51. The summed E-state index contributed by atoms with van der Waals surface area (Å²) in [6.07, 6.45) is 5.18. The van der Waals surface area contributed by atoms with Gasteiger partial charge in [-0.15, -0.1) is 0 Å². The molecule has 1 fully saturated rings. The number of hydrogen-bond donors (Lipinski definition) is 0. The minimum Gasteiger partial charge on any atom is -0.264 e. The Kier molecular flexibility index (Phi) is 2.20. The third kappa shape index (κ3) is 1.60. The number of fused-ring (bicyclic) bond motifs is 1. The molecule has 1 aromatic carbocycles. The van der Waals surface area contributed by atoms with Gasteiger partial charge < -0.3 is 0 Å². The Morgan fingerprint density at radius 1 is 1.19 bits per heavy atom. The second-order valence-electron chi connectivity index (χ2n) is 5.23. The Morgan fingerprint density at radius 3 is 2.81 bits per heavy atom. The van der Waals surface area contributed by atoms with E-state index in [9.17, 15) is 0 Å². The summed E-state index contributed by atoms with van der Waals surface area (Å²) in [7, 11) is 0. The molecule has 3 rings (SSSR count). The highest BCUT2D eigenvalue weighted by Gasteiger charge is 2.40. The molecule has 0 spiro atoms. The van der Waals surface area contributed by atoms with Crippen LogP contribution in [-0.2, 0) is 0 Å². The second-order valence-corrected chi connectivity index (χ2v) is 5.23. The molecule has 1 heterocycles. The van der Waals surface area contributed by atoms with Gasteiger partial charge in [0.15, 0.2) is 0 Å². The highest BCUT2D eigenvalue weighted by molar-refractivity contribution is 5.82. The molecule has 2 aromatic rings. The van der Waals surface area contributed by atoms with Crippen LogP contribution in [0.4, 0.5) is 0 Å². The van der Waals surface area contributed by atoms with Gasteiger partial charge in [-0.2, -0.15) is 0 Å². The van der Waals surface area contributed by atoms with Crippen LogP contribution in [0.1, 0.15) is 31.7 Å². The average Bonchev–Trinajstić information content (AvgIpc) is 3.08. The minimum atomic E-state index is 0.803. The van der Waals surface area contributed by atoms with Gasteiger partial charge in [-0.1, -0.05) is 32.0 Å². The molecule has 0 unspecified atom stereocenters. The van der Waals surface area contributed by atoms with E-state index < -0.39 is 0 Å². The molecule has 0 radical (unpaired) electrons. The molecule has 1 saturated carbocycles. The fraction of sp³-hybridized carbons (Fsp3) is 0.400. The summed E-state index contributed by atoms with van der Waals surface area (Å²) in [6, 6.07) is 8.92. The first-order valence-electron chi connectivity index (χ1n) is 6.09. The van der Waals surface area contributed by atoms with Crippen molar-refractivity contribution in [3.05, 3.63) is 42.2 Å². The number of benzene rings is 1. The Bertz CT molecular complexity index is 516. The van der Waals surface area contributed by atoms with Crippen molar-refractivity contribution in [2.24, 2.45) is 11.8 Å². The lowest BCUT2D eigenvalue weighted by molar-refractivity contribution is 0.549. The zero-order chi connectivity index (χ0) is 11.1. The molecule has 0 saturated heterocycles. The summed E-state index contributed by atoms with van der Waals surface area (Å²) in [4.78, 5) is 4.15. The molecule has 1 aliphatic rings. The van der Waals surface area contributed by atoms with Gasteiger partial charge in [0.1, 0.15) is 0 Å². The molecular formula is C15H17N. The Hall–Kier alpha value is -1.37. The van der Waals surface area contributed by atoms with Gasteiger partial charge in [-0.3, -0.25) is 4.98 Å². The quantitative estimate of drug-likeness (QED) is 0.731. The first-order valence-corrected chi connectivity index (χ1v) is 6.09. The third-order valence-electron chi connectivity index (χ3n) is 3.79. The summed E-state index contributed by atoms with van der Waals surface area (Å²) >= 11 is 0. The number of aromatic nitrogens is 1. The largest absolute Gasteiger partial charge is 0.264 e. The molecule has 1 aliphatic carbocycles. The lowest BCUT2D eigenvalue weighted by atomic mass is 10.0. The van der Waals surface area contributed by atoms with Gasteiger partial charge in [-0.05, 0) is 41.2 Å². The SMILES string of the molecule is CC(C)[C@H]1C[C@@H]1c1ccc2cnccc2c1. The molecule has 1 aromatic heterocycles. The van der Waals surface area contributed by atoms with Gasteiger partial charge in [-0.25, -0.2) is 0 Å². The Balaban J connectivity index is 1.95. The van der Waals surface area contributed by atoms with Crippen LogP contribution in [0.25, 0.3) is 10.8 Å². The molecule has 0 N–H and O–H groups in total. The maximum atomic E-state index is 4.15. The fourth-order valence-electron chi connectivity index (χ4n) is 2.67. The fourth-order valence-corrected chi connectivity index (χ4v) is 2.67. The molecule has 0 aliphatic heterocycles. The number of nitrogens with zero attached hydrogens (tertiary/aromatic N) is 1. The van der Waals surface area contributed by atoms with Gasteiger partial charge in [0.25, 0.3) is 0 Å². The number of rotatable bonds is 2. The maximum Gasteiger partial charge on any atom is 0.0346 e. The van der Waals surface area contributed by atoms with Crippen molar-refractivity contribution in [2.75, 3.05) is 0 Å². The number of pyridine rings is 1. The van der Waals surface area contributed by atoms with Gasteiger partial charge in [0.05, 0.1) is 0 Å². The highest BCUT2D eigenvalue weighted by atomic mass is 14.6. The lowest BCUT2D eigenvalue weighted by Crippen LogP contribution is -1.92. The summed E-state index contributed by atoms with van der Waals surface area (Å²) in [5.74, 6) is 2.52. The third-order valence-corrected chi connectivity index (χ3v) is 3.79. The molecule has 16 heavy (non-hydrogen) atoms. The smallest absolute Gasteiger partial charge is 0.0346 e. The van der Waals surface area contributed by atoms with Crippen LogP contribution in [0.15, 0.2) is 36.7 Å². The molecule has 1 heteroatoms. The van der Waals surface area contributed by atoms with Crippen molar-refractivity contribution in [3.63, 3.8) is 0 Å². The molecule has 2 atom stereocenters. The van der Waals surface area contributed by atoms with Crippen LogP contribution >= 0.6 is 0 Å². The molecule has 82 valence electrons. The maximum absolute atomic E-state index is 4.15. The standard InChI is InChI=1S/C15H17N/c1-10(2)14-8-15(14)12-3-4-13-9-16-6-5-11(13)7-12/h3-7,9-10,14-15H,8H2,1-2H3/t14-,15-/m1/s1. The van der Waals surface area contributed by atoms with E-state index in [4.69, 9.17) is 0 Å². The van der Waals surface area contributed by atoms with Gasteiger partial charge in [0, 0.05) is 17.8 Å². The van der Waals surface area contributed by atoms with Crippen LogP contribution in [0.3, 0.4) is 0 Å². The van der Waals surface area contributed by atoms with Crippen LogP contribution in [0.2, 0.25) is 0 Å². The van der Waals surface area contributed by atoms with E-state index in [1.165, 1.54) is 22.8 Å². The van der Waals surface area contributed by atoms with E-state index in [1.807, 2.05) is 12.4 Å². The summed E-state index contributed by atoms with van der Waals surface area (Å²) in [5, 5.41) is 2.56. The van der Waals surface area contributed by atoms with Crippen molar-refractivity contribution in [3.8, 4) is 0 Å². The van der Waals surface area contributed by atoms with Crippen molar-refractivity contribution in [2.45, 2.75) is 26.2 Å². The van der Waals surface area contributed by atoms with Gasteiger partial charge in [0.2, 0.25) is 0 Å². The summed E-state index contributed by atoms with van der Waals surface area (Å²) < 4.78 is 0. The first kappa shape index (κ1) is 9.83. The summed E-state index contributed by atoms with van der Waals surface area (Å²) in [6.45, 7) is 4.66. The second kappa shape index (κ2) is 3.58. The molecule has 0 bridgehead atoms. The minimum absolute atomic E-state index is 0.803. The van der Waals surface area contributed by atoms with Crippen molar-refractivity contribution >= 4 is 10.8 Å². The Morgan fingerprint density at radius 2 is 2.06 bits per heavy atom. The van der Waals surface area contributed by atoms with E-state index in [-0.39, 0.29) is 0 Å². The topological polar surface area (TPSA) is 12.9 Å². The van der Waals surface area contributed by atoms with Crippen LogP contribution in [0.5, 0.6) is 0 Å². The highest BCUT2D eigenvalue weighted by Crippen LogP contribution is 2.51. The normalized spacial score (nSPS) is 23.9. The van der Waals surface area contributed by atoms with Crippen molar-refractivity contribution in [1.82, 2.24) is 4.98 Å². The predicted octanol–water partition coefficient (Wildman–Crippen LogP) is 3.99. The van der Waals surface area contributed by atoms with E-state index >= 15 is 0 Å². The first-order chi connectivity index (χ1) is 7.75. The predicted molar refractivity (Wildman–Crippen MR) is 67.4 cm³/mol. The Labute approximate surface area is 96.5 Å². The van der Waals surface area contributed by atoms with Crippen LogP contribution in [0, 0.1) is 11.8 Å². The van der Waals surface area contributed by atoms with E-state index in [0.717, 1.165) is 17.8 Å². The van der Waals surface area contributed by atoms with E-state index in [0.29, 0.717) is 0 Å².